The van der Waals surface area contributed by atoms with Crippen LogP contribution in [0.15, 0.2) is 24.3 Å². The van der Waals surface area contributed by atoms with Gasteiger partial charge in [0.1, 0.15) is 5.82 Å². The number of hydrogen-bond acceptors (Lipinski definition) is 3. The number of amides is 1. The highest BCUT2D eigenvalue weighted by atomic mass is 19.1. The van der Waals surface area contributed by atoms with Gasteiger partial charge in [-0.3, -0.25) is 9.78 Å². The van der Waals surface area contributed by atoms with Crippen molar-refractivity contribution >= 4 is 16.8 Å². The van der Waals surface area contributed by atoms with Gasteiger partial charge >= 0.3 is 0 Å². The molecule has 0 saturated carbocycles. The van der Waals surface area contributed by atoms with E-state index in [-0.39, 0.29) is 11.7 Å². The maximum atomic E-state index is 13.3. The summed E-state index contributed by atoms with van der Waals surface area (Å²) in [6, 6.07) is 6.11. The number of aryl methyl sites for hydroxylation is 1. The molecule has 2 rings (SSSR count). The van der Waals surface area contributed by atoms with E-state index in [1.54, 1.807) is 19.1 Å². The van der Waals surface area contributed by atoms with Crippen LogP contribution < -0.4 is 11.1 Å². The normalized spacial score (nSPS) is 11.7. The number of rotatable bonds is 5. The minimum atomic E-state index is -0.402. The van der Waals surface area contributed by atoms with Crippen LogP contribution in [-0.2, 0) is 0 Å². The molecule has 22 heavy (non-hydrogen) atoms. The summed E-state index contributed by atoms with van der Waals surface area (Å²) >= 11 is 0. The molecule has 0 fully saturated rings. The predicted octanol–water partition coefficient (Wildman–Crippen LogP) is 2.93. The number of carbonyl (C=O) groups excluding carboxylic acids is 1. The van der Waals surface area contributed by atoms with E-state index in [0.717, 1.165) is 18.2 Å². The summed E-state index contributed by atoms with van der Waals surface area (Å²) in [5.74, 6) is -0.527. The van der Waals surface area contributed by atoms with Crippen LogP contribution in [0.5, 0.6) is 0 Å². The number of nitrogens with one attached hydrogen (secondary N) is 1. The zero-order valence-corrected chi connectivity index (χ0v) is 13.2. The fourth-order valence-electron chi connectivity index (χ4n) is 2.54. The molecule has 1 aromatic heterocycles. The summed E-state index contributed by atoms with van der Waals surface area (Å²) in [6.07, 6.45) is 1.52. The Morgan fingerprint density at radius 2 is 2.00 bits per heavy atom. The van der Waals surface area contributed by atoms with E-state index in [4.69, 9.17) is 5.73 Å². The van der Waals surface area contributed by atoms with E-state index in [1.807, 2.05) is 13.8 Å². The predicted molar refractivity (Wildman–Crippen MR) is 86.3 cm³/mol. The number of aromatic nitrogens is 1. The zero-order valence-electron chi connectivity index (χ0n) is 13.2. The molecule has 0 saturated heterocycles. The Hall–Kier alpha value is -2.01. The standard InChI is InChI=1S/C17H22FN3O/c1-4-17(5-2,10-19)21-16(22)14-8-12-6-7-13(18)9-15(12)20-11(14)3/h6-9H,4-5,10,19H2,1-3H3,(H,21,22). The number of hydrogen-bond donors (Lipinski definition) is 2. The summed E-state index contributed by atoms with van der Waals surface area (Å²) in [7, 11) is 0. The van der Waals surface area contributed by atoms with Crippen LogP contribution in [0, 0.1) is 12.7 Å². The second kappa shape index (κ2) is 6.40. The molecule has 4 nitrogen and oxygen atoms in total. The molecule has 3 N–H and O–H groups in total. The first kappa shape index (κ1) is 16.4. The Morgan fingerprint density at radius 3 is 2.59 bits per heavy atom. The average Bonchev–Trinajstić information content (AvgIpc) is 2.51. The quantitative estimate of drug-likeness (QED) is 0.892. The third kappa shape index (κ3) is 3.09. The maximum absolute atomic E-state index is 13.3. The van der Waals surface area contributed by atoms with Crippen molar-refractivity contribution in [1.29, 1.82) is 0 Å². The Labute approximate surface area is 129 Å². The van der Waals surface area contributed by atoms with E-state index < -0.39 is 5.54 Å². The zero-order chi connectivity index (χ0) is 16.3. The van der Waals surface area contributed by atoms with Crippen molar-refractivity contribution in [3.63, 3.8) is 0 Å². The lowest BCUT2D eigenvalue weighted by atomic mass is 9.92. The molecule has 118 valence electrons. The highest BCUT2D eigenvalue weighted by molar-refractivity contribution is 5.99. The molecule has 1 amide bonds. The second-order valence-corrected chi connectivity index (χ2v) is 5.60. The summed E-state index contributed by atoms with van der Waals surface area (Å²) in [6.45, 7) is 6.15. The van der Waals surface area contributed by atoms with Gasteiger partial charge in [-0.15, -0.1) is 0 Å². The fraction of sp³-hybridized carbons (Fsp3) is 0.412. The summed E-state index contributed by atoms with van der Waals surface area (Å²) in [4.78, 5) is 16.9. The van der Waals surface area contributed by atoms with Crippen LogP contribution in [0.2, 0.25) is 0 Å². The summed E-state index contributed by atoms with van der Waals surface area (Å²) in [5.41, 5.74) is 7.05. The molecule has 0 bridgehead atoms. The Balaban J connectivity index is 2.39. The highest BCUT2D eigenvalue weighted by Gasteiger charge is 2.27. The van der Waals surface area contributed by atoms with E-state index in [2.05, 4.69) is 10.3 Å². The molecule has 0 aliphatic rings. The van der Waals surface area contributed by atoms with Gasteiger partial charge in [0.15, 0.2) is 0 Å². The lowest BCUT2D eigenvalue weighted by Gasteiger charge is -2.31. The van der Waals surface area contributed by atoms with Gasteiger partial charge in [-0.05, 0) is 38.0 Å². The van der Waals surface area contributed by atoms with E-state index in [0.29, 0.717) is 23.3 Å². The smallest absolute Gasteiger partial charge is 0.253 e. The number of benzene rings is 1. The highest BCUT2D eigenvalue weighted by Crippen LogP contribution is 2.20. The van der Waals surface area contributed by atoms with Crippen LogP contribution in [0.1, 0.15) is 42.7 Å². The van der Waals surface area contributed by atoms with E-state index >= 15 is 0 Å². The van der Waals surface area contributed by atoms with Gasteiger partial charge in [-0.1, -0.05) is 13.8 Å². The summed E-state index contributed by atoms with van der Waals surface area (Å²) < 4.78 is 13.3. The monoisotopic (exact) mass is 303 g/mol. The van der Waals surface area contributed by atoms with Gasteiger partial charge in [-0.25, -0.2) is 4.39 Å². The van der Waals surface area contributed by atoms with Crippen LogP contribution >= 0.6 is 0 Å². The molecular formula is C17H22FN3O. The molecule has 1 heterocycles. The van der Waals surface area contributed by atoms with Crippen LogP contribution in [0.3, 0.4) is 0 Å². The van der Waals surface area contributed by atoms with Crippen molar-refractivity contribution < 1.29 is 9.18 Å². The van der Waals surface area contributed by atoms with Gasteiger partial charge in [0.2, 0.25) is 0 Å². The van der Waals surface area contributed by atoms with E-state index in [1.165, 1.54) is 12.1 Å². The minimum Gasteiger partial charge on any atom is -0.345 e. The first-order valence-electron chi connectivity index (χ1n) is 7.54. The van der Waals surface area contributed by atoms with Gasteiger partial charge in [0.25, 0.3) is 5.91 Å². The number of halogens is 1. The van der Waals surface area contributed by atoms with E-state index in [9.17, 15) is 9.18 Å². The summed E-state index contributed by atoms with van der Waals surface area (Å²) in [5, 5.41) is 3.77. The molecule has 0 spiro atoms. The third-order valence-electron chi connectivity index (χ3n) is 4.34. The van der Waals surface area contributed by atoms with Gasteiger partial charge in [-0.2, -0.15) is 0 Å². The molecule has 0 radical (unpaired) electrons. The first-order valence-corrected chi connectivity index (χ1v) is 7.54. The number of carbonyl (C=O) groups is 1. The molecule has 0 atom stereocenters. The molecule has 5 heteroatoms. The molecule has 1 aromatic carbocycles. The fourth-order valence-corrected chi connectivity index (χ4v) is 2.54. The number of fused-ring (bicyclic) bond motifs is 1. The largest absolute Gasteiger partial charge is 0.345 e. The van der Waals surface area contributed by atoms with Gasteiger partial charge in [0, 0.05) is 18.0 Å². The van der Waals surface area contributed by atoms with Crippen LogP contribution in [0.25, 0.3) is 10.9 Å². The SMILES string of the molecule is CCC(CC)(CN)NC(=O)c1cc2ccc(F)cc2nc1C. The van der Waals surface area contributed by atoms with Crippen LogP contribution in [0.4, 0.5) is 4.39 Å². The maximum Gasteiger partial charge on any atom is 0.253 e. The third-order valence-corrected chi connectivity index (χ3v) is 4.34. The van der Waals surface area contributed by atoms with Crippen LogP contribution in [-0.4, -0.2) is 23.0 Å². The van der Waals surface area contributed by atoms with Crippen molar-refractivity contribution in [2.45, 2.75) is 39.2 Å². The minimum absolute atomic E-state index is 0.189. The first-order chi connectivity index (χ1) is 10.4. The van der Waals surface area contributed by atoms with Crippen molar-refractivity contribution in [1.82, 2.24) is 10.3 Å². The van der Waals surface area contributed by atoms with Crippen molar-refractivity contribution in [2.24, 2.45) is 5.73 Å². The molecule has 0 aliphatic carbocycles. The molecule has 0 unspecified atom stereocenters. The van der Waals surface area contributed by atoms with Crippen molar-refractivity contribution in [3.8, 4) is 0 Å². The average molecular weight is 303 g/mol. The molecule has 2 aromatic rings. The van der Waals surface area contributed by atoms with Gasteiger partial charge in [0.05, 0.1) is 22.3 Å². The van der Waals surface area contributed by atoms with Crippen molar-refractivity contribution in [2.75, 3.05) is 6.54 Å². The van der Waals surface area contributed by atoms with Crippen molar-refractivity contribution in [3.05, 3.63) is 41.3 Å². The lowest BCUT2D eigenvalue weighted by molar-refractivity contribution is 0.0894. The number of nitrogens with zero attached hydrogens (tertiary/aromatic N) is 1. The Bertz CT molecular complexity index is 687. The topological polar surface area (TPSA) is 68.0 Å². The molecule has 0 aliphatic heterocycles. The molecular weight excluding hydrogens is 281 g/mol. The van der Waals surface area contributed by atoms with Gasteiger partial charge < -0.3 is 11.1 Å². The Morgan fingerprint density at radius 1 is 1.32 bits per heavy atom. The lowest BCUT2D eigenvalue weighted by Crippen LogP contribution is -2.53. The second-order valence-electron chi connectivity index (χ2n) is 5.60. The Kier molecular flexibility index (Phi) is 4.76. The number of pyridine rings is 1. The number of nitrogens with two attached hydrogens (primary N) is 1.